The average Bonchev–Trinajstić information content (AvgIpc) is 2.56. The second-order valence-electron chi connectivity index (χ2n) is 5.99. The number of benzene rings is 2. The van der Waals surface area contributed by atoms with Crippen LogP contribution in [0.25, 0.3) is 11.0 Å². The number of ether oxygens (including phenoxy) is 1. The first-order valence-corrected chi connectivity index (χ1v) is 8.24. The molecule has 0 aliphatic heterocycles. The lowest BCUT2D eigenvalue weighted by Gasteiger charge is -2.09. The van der Waals surface area contributed by atoms with Crippen LogP contribution in [0.4, 0.5) is 0 Å². The Morgan fingerprint density at radius 1 is 1.08 bits per heavy atom. The zero-order valence-electron chi connectivity index (χ0n) is 14.0. The van der Waals surface area contributed by atoms with Crippen LogP contribution in [0.2, 0.25) is 5.02 Å². The first-order valence-electron chi connectivity index (χ1n) is 7.86. The van der Waals surface area contributed by atoms with Crippen LogP contribution in [-0.4, -0.2) is 5.97 Å². The fraction of sp³-hybridized carbons (Fsp3) is 0.200. The van der Waals surface area contributed by atoms with Gasteiger partial charge in [-0.25, -0.2) is 4.79 Å². The number of fused-ring (bicyclic) bond motifs is 1. The lowest BCUT2D eigenvalue weighted by atomic mass is 10.0. The number of esters is 1. The molecule has 0 unspecified atom stereocenters. The molecule has 3 rings (SSSR count). The molecule has 0 bridgehead atoms. The highest BCUT2D eigenvalue weighted by molar-refractivity contribution is 6.30. The van der Waals surface area contributed by atoms with E-state index in [0.717, 1.165) is 22.1 Å². The zero-order valence-corrected chi connectivity index (χ0v) is 14.7. The number of carbonyl (C=O) groups is 1. The highest BCUT2D eigenvalue weighted by Crippen LogP contribution is 2.22. The van der Waals surface area contributed by atoms with Gasteiger partial charge in [-0.2, -0.15) is 0 Å². The largest absolute Gasteiger partial charge is 0.461 e. The molecule has 25 heavy (non-hydrogen) atoms. The lowest BCUT2D eigenvalue weighted by Crippen LogP contribution is -2.10. The average molecular weight is 357 g/mol. The van der Waals surface area contributed by atoms with Crippen molar-refractivity contribution in [1.29, 1.82) is 0 Å². The van der Waals surface area contributed by atoms with E-state index in [4.69, 9.17) is 20.8 Å². The van der Waals surface area contributed by atoms with E-state index in [2.05, 4.69) is 0 Å². The standard InChI is InChI=1S/C20H17ClO4/c1-12-7-17-15(10-20(23)25-18(17)8-13(12)2)11-24-19(22)9-14-3-5-16(21)6-4-14/h3-8,10H,9,11H2,1-2H3. The minimum atomic E-state index is -0.459. The Bertz CT molecular complexity index is 987. The molecule has 0 amide bonds. The molecule has 0 saturated carbocycles. The summed E-state index contributed by atoms with van der Waals surface area (Å²) in [5.41, 5.74) is 3.61. The van der Waals surface area contributed by atoms with Gasteiger partial charge in [-0.15, -0.1) is 0 Å². The Balaban J connectivity index is 1.78. The van der Waals surface area contributed by atoms with Crippen LogP contribution >= 0.6 is 11.6 Å². The SMILES string of the molecule is Cc1cc2oc(=O)cc(COC(=O)Cc3ccc(Cl)cc3)c2cc1C. The van der Waals surface area contributed by atoms with Gasteiger partial charge < -0.3 is 9.15 Å². The third kappa shape index (κ3) is 4.09. The first-order chi connectivity index (χ1) is 11.9. The minimum absolute atomic E-state index is 0.0248. The molecule has 0 N–H and O–H groups in total. The molecule has 0 aliphatic rings. The number of hydrogen-bond acceptors (Lipinski definition) is 4. The monoisotopic (exact) mass is 356 g/mol. The number of halogens is 1. The van der Waals surface area contributed by atoms with Crippen LogP contribution in [0, 0.1) is 13.8 Å². The molecule has 2 aromatic carbocycles. The summed E-state index contributed by atoms with van der Waals surface area (Å²) in [5, 5.41) is 1.40. The molecule has 0 fully saturated rings. The van der Waals surface area contributed by atoms with Crippen LogP contribution in [0.1, 0.15) is 22.3 Å². The smallest absolute Gasteiger partial charge is 0.336 e. The normalized spacial score (nSPS) is 10.8. The maximum Gasteiger partial charge on any atom is 0.336 e. The molecule has 128 valence electrons. The third-order valence-electron chi connectivity index (χ3n) is 4.09. The molecule has 5 heteroatoms. The topological polar surface area (TPSA) is 56.5 Å². The van der Waals surface area contributed by atoms with Crippen molar-refractivity contribution in [2.75, 3.05) is 0 Å². The van der Waals surface area contributed by atoms with Gasteiger partial charge in [0, 0.05) is 22.0 Å². The van der Waals surface area contributed by atoms with E-state index < -0.39 is 5.63 Å². The molecule has 0 spiro atoms. The van der Waals surface area contributed by atoms with Crippen molar-refractivity contribution in [3.8, 4) is 0 Å². The van der Waals surface area contributed by atoms with E-state index >= 15 is 0 Å². The zero-order chi connectivity index (χ0) is 18.0. The van der Waals surface area contributed by atoms with Gasteiger partial charge in [0.15, 0.2) is 0 Å². The summed E-state index contributed by atoms with van der Waals surface area (Å²) in [6.07, 6.45) is 0.147. The van der Waals surface area contributed by atoms with Gasteiger partial charge in [0.2, 0.25) is 0 Å². The van der Waals surface area contributed by atoms with E-state index in [1.807, 2.05) is 26.0 Å². The van der Waals surface area contributed by atoms with Crippen molar-refractivity contribution < 1.29 is 13.9 Å². The van der Waals surface area contributed by atoms with Crippen molar-refractivity contribution in [1.82, 2.24) is 0 Å². The molecule has 0 aliphatic carbocycles. The van der Waals surface area contributed by atoms with Crippen LogP contribution in [-0.2, 0) is 22.6 Å². The van der Waals surface area contributed by atoms with Gasteiger partial charge in [-0.1, -0.05) is 23.7 Å². The van der Waals surface area contributed by atoms with E-state index in [1.165, 1.54) is 6.07 Å². The van der Waals surface area contributed by atoms with Crippen molar-refractivity contribution in [3.63, 3.8) is 0 Å². The van der Waals surface area contributed by atoms with Gasteiger partial charge >= 0.3 is 11.6 Å². The molecule has 4 nitrogen and oxygen atoms in total. The number of rotatable bonds is 4. The second-order valence-corrected chi connectivity index (χ2v) is 6.42. The molecule has 1 heterocycles. The lowest BCUT2D eigenvalue weighted by molar-refractivity contribution is -0.144. The Hall–Kier alpha value is -2.59. The predicted octanol–water partition coefficient (Wildman–Crippen LogP) is 4.35. The number of carbonyl (C=O) groups excluding carboxylic acids is 1. The second kappa shape index (κ2) is 7.11. The van der Waals surface area contributed by atoms with Gasteiger partial charge in [0.05, 0.1) is 6.42 Å². The Morgan fingerprint density at radius 3 is 2.48 bits per heavy atom. The van der Waals surface area contributed by atoms with E-state index in [0.29, 0.717) is 16.2 Å². The van der Waals surface area contributed by atoms with Crippen LogP contribution in [0.3, 0.4) is 0 Å². The minimum Gasteiger partial charge on any atom is -0.461 e. The molecular formula is C20H17ClO4. The number of hydrogen-bond donors (Lipinski definition) is 0. The van der Waals surface area contributed by atoms with E-state index in [-0.39, 0.29) is 19.0 Å². The van der Waals surface area contributed by atoms with Crippen molar-refractivity contribution in [2.24, 2.45) is 0 Å². The summed E-state index contributed by atoms with van der Waals surface area (Å²) in [4.78, 5) is 23.8. The van der Waals surface area contributed by atoms with Gasteiger partial charge in [0.1, 0.15) is 12.2 Å². The summed E-state index contributed by atoms with van der Waals surface area (Å²) in [6.45, 7) is 3.96. The fourth-order valence-corrected chi connectivity index (χ4v) is 2.71. The van der Waals surface area contributed by atoms with Crippen molar-refractivity contribution in [2.45, 2.75) is 26.9 Å². The van der Waals surface area contributed by atoms with Gasteiger partial charge in [0.25, 0.3) is 0 Å². The molecule has 0 radical (unpaired) electrons. The van der Waals surface area contributed by atoms with Crippen molar-refractivity contribution in [3.05, 3.63) is 80.2 Å². The first kappa shape index (κ1) is 17.2. The van der Waals surface area contributed by atoms with Gasteiger partial charge in [-0.3, -0.25) is 4.79 Å². The van der Waals surface area contributed by atoms with E-state index in [1.54, 1.807) is 24.3 Å². The predicted molar refractivity (Wildman–Crippen MR) is 96.9 cm³/mol. The Labute approximate surface area is 150 Å². The molecule has 0 saturated heterocycles. The molecular weight excluding hydrogens is 340 g/mol. The Morgan fingerprint density at radius 2 is 1.76 bits per heavy atom. The summed E-state index contributed by atoms with van der Waals surface area (Å²) in [5.74, 6) is -0.368. The third-order valence-corrected chi connectivity index (χ3v) is 4.35. The van der Waals surface area contributed by atoms with Crippen LogP contribution in [0.15, 0.2) is 51.7 Å². The maximum atomic E-state index is 12.1. The Kier molecular flexibility index (Phi) is 4.91. The summed E-state index contributed by atoms with van der Waals surface area (Å²) in [6, 6.07) is 12.1. The summed E-state index contributed by atoms with van der Waals surface area (Å²) < 4.78 is 10.6. The van der Waals surface area contributed by atoms with Crippen LogP contribution < -0.4 is 5.63 Å². The van der Waals surface area contributed by atoms with Crippen LogP contribution in [0.5, 0.6) is 0 Å². The maximum absolute atomic E-state index is 12.1. The number of aryl methyl sites for hydroxylation is 2. The highest BCUT2D eigenvalue weighted by Gasteiger charge is 2.11. The van der Waals surface area contributed by atoms with E-state index in [9.17, 15) is 9.59 Å². The summed E-state index contributed by atoms with van der Waals surface area (Å²) in [7, 11) is 0. The fourth-order valence-electron chi connectivity index (χ4n) is 2.58. The highest BCUT2D eigenvalue weighted by atomic mass is 35.5. The van der Waals surface area contributed by atoms with Gasteiger partial charge in [-0.05, 0) is 54.8 Å². The quantitative estimate of drug-likeness (QED) is 0.515. The molecule has 3 aromatic rings. The summed E-state index contributed by atoms with van der Waals surface area (Å²) >= 11 is 5.83. The molecule has 1 aromatic heterocycles. The molecule has 0 atom stereocenters. The van der Waals surface area contributed by atoms with Crippen molar-refractivity contribution >= 4 is 28.5 Å².